The van der Waals surface area contributed by atoms with Crippen LogP contribution in [-0.2, 0) is 6.54 Å². The van der Waals surface area contributed by atoms with E-state index in [1.165, 1.54) is 51.6 Å². The lowest BCUT2D eigenvalue weighted by atomic mass is 10.1. The highest BCUT2D eigenvalue weighted by molar-refractivity contribution is 14.0. The van der Waals surface area contributed by atoms with Gasteiger partial charge in [-0.3, -0.25) is 0 Å². The number of aliphatic imine (C=N–C) groups is 1. The van der Waals surface area contributed by atoms with Crippen LogP contribution in [0.2, 0.25) is 0 Å². The third-order valence-electron chi connectivity index (χ3n) is 6.56. The van der Waals surface area contributed by atoms with E-state index in [-0.39, 0.29) is 24.0 Å². The van der Waals surface area contributed by atoms with Crippen LogP contribution in [-0.4, -0.2) is 55.8 Å². The highest BCUT2D eigenvalue weighted by Crippen LogP contribution is 2.31. The third kappa shape index (κ3) is 7.14. The first-order valence-corrected chi connectivity index (χ1v) is 11.9. The van der Waals surface area contributed by atoms with Gasteiger partial charge in [0.05, 0.1) is 19.8 Å². The molecule has 4 rings (SSSR count). The van der Waals surface area contributed by atoms with E-state index in [1.54, 1.807) is 7.11 Å². The van der Waals surface area contributed by atoms with Crippen LogP contribution in [0.1, 0.15) is 63.9 Å². The van der Waals surface area contributed by atoms with Crippen molar-refractivity contribution in [3.05, 3.63) is 23.8 Å². The summed E-state index contributed by atoms with van der Waals surface area (Å²) >= 11 is 0. The van der Waals surface area contributed by atoms with E-state index in [4.69, 9.17) is 14.5 Å². The summed E-state index contributed by atoms with van der Waals surface area (Å²) in [6.45, 7) is 6.00. The van der Waals surface area contributed by atoms with Crippen LogP contribution in [0.15, 0.2) is 23.2 Å². The Morgan fingerprint density at radius 2 is 1.84 bits per heavy atom. The molecule has 7 heteroatoms. The monoisotopic (exact) mass is 542 g/mol. The second-order valence-corrected chi connectivity index (χ2v) is 8.88. The van der Waals surface area contributed by atoms with Crippen LogP contribution in [0.4, 0.5) is 0 Å². The van der Waals surface area contributed by atoms with Crippen molar-refractivity contribution in [3.63, 3.8) is 0 Å². The van der Waals surface area contributed by atoms with Crippen LogP contribution in [0.3, 0.4) is 0 Å². The minimum atomic E-state index is 0. The Morgan fingerprint density at radius 1 is 1.10 bits per heavy atom. The van der Waals surface area contributed by atoms with Crippen molar-refractivity contribution in [2.75, 3.05) is 26.7 Å². The summed E-state index contributed by atoms with van der Waals surface area (Å²) in [7, 11) is 1.70. The molecule has 2 aliphatic carbocycles. The number of guanidine groups is 1. The predicted molar refractivity (Wildman–Crippen MR) is 137 cm³/mol. The molecule has 0 radical (unpaired) electrons. The van der Waals surface area contributed by atoms with Gasteiger partial charge in [0.25, 0.3) is 0 Å². The number of benzene rings is 1. The molecule has 3 fully saturated rings. The summed E-state index contributed by atoms with van der Waals surface area (Å²) in [5, 5.41) is 7.09. The Hall–Kier alpha value is -1.22. The van der Waals surface area contributed by atoms with Crippen molar-refractivity contribution in [2.45, 2.75) is 83.0 Å². The van der Waals surface area contributed by atoms with E-state index in [1.807, 2.05) is 12.1 Å². The van der Waals surface area contributed by atoms with E-state index in [0.717, 1.165) is 48.5 Å². The molecule has 0 aromatic heterocycles. The summed E-state index contributed by atoms with van der Waals surface area (Å²) in [6.07, 6.45) is 10.3. The molecule has 2 N–H and O–H groups in total. The zero-order valence-corrected chi connectivity index (χ0v) is 21.4. The van der Waals surface area contributed by atoms with E-state index in [9.17, 15) is 0 Å². The molecule has 31 heavy (non-hydrogen) atoms. The average Bonchev–Trinajstić information content (AvgIpc) is 3.50. The van der Waals surface area contributed by atoms with Gasteiger partial charge in [-0.15, -0.1) is 24.0 Å². The lowest BCUT2D eigenvalue weighted by molar-refractivity contribution is 0.197. The predicted octanol–water partition coefficient (Wildman–Crippen LogP) is 4.32. The highest BCUT2D eigenvalue weighted by Gasteiger charge is 2.31. The molecule has 1 aliphatic heterocycles. The fraction of sp³-hybridized carbons (Fsp3) is 0.708. The second kappa shape index (κ2) is 12.1. The molecule has 0 unspecified atom stereocenters. The van der Waals surface area contributed by atoms with Crippen molar-refractivity contribution in [1.29, 1.82) is 0 Å². The molecule has 1 heterocycles. The number of rotatable bonds is 8. The van der Waals surface area contributed by atoms with Gasteiger partial charge in [0, 0.05) is 43.3 Å². The van der Waals surface area contributed by atoms with Gasteiger partial charge >= 0.3 is 0 Å². The number of ether oxygens (including phenoxy) is 2. The maximum atomic E-state index is 6.34. The molecule has 0 spiro atoms. The van der Waals surface area contributed by atoms with Crippen LogP contribution in [0.5, 0.6) is 11.5 Å². The first-order chi connectivity index (χ1) is 14.7. The summed E-state index contributed by atoms with van der Waals surface area (Å²) in [4.78, 5) is 7.55. The van der Waals surface area contributed by atoms with Crippen molar-refractivity contribution in [1.82, 2.24) is 15.5 Å². The highest BCUT2D eigenvalue weighted by atomic mass is 127. The van der Waals surface area contributed by atoms with Crippen LogP contribution in [0, 0.1) is 0 Å². The lowest BCUT2D eigenvalue weighted by Gasteiger charge is -2.33. The van der Waals surface area contributed by atoms with Gasteiger partial charge in [-0.2, -0.15) is 0 Å². The topological polar surface area (TPSA) is 58.1 Å². The molecule has 174 valence electrons. The number of hydrogen-bond acceptors (Lipinski definition) is 4. The second-order valence-electron chi connectivity index (χ2n) is 8.88. The quantitative estimate of drug-likeness (QED) is 0.291. The molecule has 0 bridgehead atoms. The molecule has 0 amide bonds. The Kier molecular flexibility index (Phi) is 9.56. The van der Waals surface area contributed by atoms with Gasteiger partial charge in [-0.25, -0.2) is 4.99 Å². The number of halogens is 1. The standard InChI is InChI=1S/C24H38N4O2.HI/c1-3-25-24(27-19-12-14-28(15-13-19)20-9-10-20)26-17-18-8-11-22(29-2)16-23(18)30-21-6-4-5-7-21;/h8,11,16,19-21H,3-7,9-10,12-15,17H2,1-2H3,(H2,25,26,27);1H. The van der Waals surface area contributed by atoms with E-state index in [2.05, 4.69) is 28.5 Å². The fourth-order valence-electron chi connectivity index (χ4n) is 4.61. The van der Waals surface area contributed by atoms with Crippen molar-refractivity contribution in [2.24, 2.45) is 4.99 Å². The molecular formula is C24H39IN4O2. The van der Waals surface area contributed by atoms with E-state index < -0.39 is 0 Å². The van der Waals surface area contributed by atoms with E-state index in [0.29, 0.717) is 18.7 Å². The van der Waals surface area contributed by atoms with Crippen molar-refractivity contribution in [3.8, 4) is 11.5 Å². The minimum absolute atomic E-state index is 0. The number of hydrogen-bond donors (Lipinski definition) is 2. The Bertz CT molecular complexity index is 712. The minimum Gasteiger partial charge on any atom is -0.497 e. The van der Waals surface area contributed by atoms with Crippen LogP contribution < -0.4 is 20.1 Å². The molecule has 3 aliphatic rings. The number of nitrogens with one attached hydrogen (secondary N) is 2. The first-order valence-electron chi connectivity index (χ1n) is 11.9. The lowest BCUT2D eigenvalue weighted by Crippen LogP contribution is -2.49. The number of methoxy groups -OCH3 is 1. The third-order valence-corrected chi connectivity index (χ3v) is 6.56. The van der Waals surface area contributed by atoms with Crippen molar-refractivity contribution >= 4 is 29.9 Å². The summed E-state index contributed by atoms with van der Waals surface area (Å²) < 4.78 is 11.8. The molecule has 1 aromatic rings. The normalized spacial score (nSPS) is 20.9. The Morgan fingerprint density at radius 3 is 2.48 bits per heavy atom. The molecular weight excluding hydrogens is 503 g/mol. The Labute approximate surface area is 204 Å². The number of piperidine rings is 1. The van der Waals surface area contributed by atoms with Crippen LogP contribution >= 0.6 is 24.0 Å². The Balaban J connectivity index is 0.00000272. The summed E-state index contributed by atoms with van der Waals surface area (Å²) in [5.41, 5.74) is 1.11. The summed E-state index contributed by atoms with van der Waals surface area (Å²) in [5.74, 6) is 2.66. The summed E-state index contributed by atoms with van der Waals surface area (Å²) in [6, 6.07) is 7.48. The van der Waals surface area contributed by atoms with Gasteiger partial charge in [-0.05, 0) is 70.4 Å². The molecule has 1 saturated heterocycles. The molecule has 1 aromatic carbocycles. The fourth-order valence-corrected chi connectivity index (χ4v) is 4.61. The van der Waals surface area contributed by atoms with Gasteiger partial charge in [0.2, 0.25) is 0 Å². The molecule has 0 atom stereocenters. The smallest absolute Gasteiger partial charge is 0.191 e. The first kappa shape index (κ1) is 24.4. The van der Waals surface area contributed by atoms with E-state index >= 15 is 0 Å². The maximum Gasteiger partial charge on any atom is 0.191 e. The van der Waals surface area contributed by atoms with Gasteiger partial charge < -0.3 is 25.0 Å². The number of nitrogens with zero attached hydrogens (tertiary/aromatic N) is 2. The SMILES string of the molecule is CCNC(=NCc1ccc(OC)cc1OC1CCCC1)NC1CCN(C2CC2)CC1.I. The largest absolute Gasteiger partial charge is 0.497 e. The molecule has 2 saturated carbocycles. The zero-order chi connectivity index (χ0) is 20.8. The van der Waals surface area contributed by atoms with Gasteiger partial charge in [0.15, 0.2) is 5.96 Å². The van der Waals surface area contributed by atoms with Gasteiger partial charge in [0.1, 0.15) is 11.5 Å². The van der Waals surface area contributed by atoms with Crippen LogP contribution in [0.25, 0.3) is 0 Å². The maximum absolute atomic E-state index is 6.34. The zero-order valence-electron chi connectivity index (χ0n) is 19.1. The molecule has 6 nitrogen and oxygen atoms in total. The average molecular weight is 543 g/mol. The number of likely N-dealkylation sites (tertiary alicyclic amines) is 1. The van der Waals surface area contributed by atoms with Crippen molar-refractivity contribution < 1.29 is 9.47 Å². The van der Waals surface area contributed by atoms with Gasteiger partial charge in [-0.1, -0.05) is 0 Å².